The molecule has 0 bridgehead atoms. The summed E-state index contributed by atoms with van der Waals surface area (Å²) in [6, 6.07) is 6.73. The van der Waals surface area contributed by atoms with E-state index in [0.29, 0.717) is 31.8 Å². The molecule has 1 heterocycles. The summed E-state index contributed by atoms with van der Waals surface area (Å²) in [6.45, 7) is 3.58. The van der Waals surface area contributed by atoms with Crippen molar-refractivity contribution in [3.05, 3.63) is 35.6 Å². The Morgan fingerprint density at radius 3 is 2.57 bits per heavy atom. The largest absolute Gasteiger partial charge is 0.383 e. The summed E-state index contributed by atoms with van der Waals surface area (Å²) in [4.78, 5) is 16.5. The predicted molar refractivity (Wildman–Crippen MR) is 88.6 cm³/mol. The minimum absolute atomic E-state index is 0.138. The van der Waals surface area contributed by atoms with Crippen molar-refractivity contribution in [2.24, 2.45) is 0 Å². The molecule has 2 rings (SSSR count). The van der Waals surface area contributed by atoms with Crippen molar-refractivity contribution in [3.63, 3.8) is 0 Å². The Kier molecular flexibility index (Phi) is 7.49. The molecule has 4 nitrogen and oxygen atoms in total. The van der Waals surface area contributed by atoms with E-state index < -0.39 is 0 Å². The lowest BCUT2D eigenvalue weighted by atomic mass is 10.2. The molecule has 0 saturated carbocycles. The van der Waals surface area contributed by atoms with Crippen LogP contribution in [0.2, 0.25) is 0 Å². The van der Waals surface area contributed by atoms with Gasteiger partial charge in [-0.25, -0.2) is 4.39 Å². The number of ether oxygens (including phenoxy) is 1. The monoisotopic (exact) mass is 322 g/mol. The topological polar surface area (TPSA) is 32.8 Å². The minimum atomic E-state index is -0.225. The third-order valence-electron chi connectivity index (χ3n) is 4.28. The minimum Gasteiger partial charge on any atom is -0.383 e. The van der Waals surface area contributed by atoms with Gasteiger partial charge in [-0.2, -0.15) is 0 Å². The summed E-state index contributed by atoms with van der Waals surface area (Å²) >= 11 is 0. The van der Waals surface area contributed by atoms with Gasteiger partial charge < -0.3 is 9.64 Å². The van der Waals surface area contributed by atoms with Crippen LogP contribution in [-0.2, 0) is 16.1 Å². The SMILES string of the molecule is COCCN(CC(=O)N1CCCCCC1)Cc1ccccc1F. The average molecular weight is 322 g/mol. The van der Waals surface area contributed by atoms with Gasteiger partial charge in [0.1, 0.15) is 5.82 Å². The highest BCUT2D eigenvalue weighted by Crippen LogP contribution is 2.12. The van der Waals surface area contributed by atoms with Gasteiger partial charge in [-0.15, -0.1) is 0 Å². The van der Waals surface area contributed by atoms with Crippen molar-refractivity contribution in [2.45, 2.75) is 32.2 Å². The van der Waals surface area contributed by atoms with Crippen LogP contribution in [-0.4, -0.2) is 55.6 Å². The molecule has 1 aliphatic heterocycles. The van der Waals surface area contributed by atoms with Crippen LogP contribution in [0.15, 0.2) is 24.3 Å². The molecule has 1 aromatic carbocycles. The molecule has 0 N–H and O–H groups in total. The third kappa shape index (κ3) is 5.92. The van der Waals surface area contributed by atoms with Gasteiger partial charge >= 0.3 is 0 Å². The molecule has 0 radical (unpaired) electrons. The van der Waals surface area contributed by atoms with Crippen molar-refractivity contribution in [1.82, 2.24) is 9.80 Å². The smallest absolute Gasteiger partial charge is 0.236 e. The number of likely N-dealkylation sites (tertiary alicyclic amines) is 1. The summed E-state index contributed by atoms with van der Waals surface area (Å²) in [5.74, 6) is -0.0866. The molecule has 1 aliphatic rings. The van der Waals surface area contributed by atoms with Crippen LogP contribution in [0, 0.1) is 5.82 Å². The first-order chi connectivity index (χ1) is 11.2. The van der Waals surface area contributed by atoms with Gasteiger partial charge in [0.25, 0.3) is 0 Å². The zero-order valence-corrected chi connectivity index (χ0v) is 14.0. The Morgan fingerprint density at radius 1 is 1.22 bits per heavy atom. The van der Waals surface area contributed by atoms with Gasteiger partial charge in [0.2, 0.25) is 5.91 Å². The van der Waals surface area contributed by atoms with Gasteiger partial charge in [0, 0.05) is 38.9 Å². The fourth-order valence-electron chi connectivity index (χ4n) is 2.91. The number of nitrogens with zero attached hydrogens (tertiary/aromatic N) is 2. The number of hydrogen-bond donors (Lipinski definition) is 0. The lowest BCUT2D eigenvalue weighted by Crippen LogP contribution is -2.41. The molecule has 0 atom stereocenters. The summed E-state index contributed by atoms with van der Waals surface area (Å²) in [5.41, 5.74) is 0.618. The second kappa shape index (κ2) is 9.63. The zero-order valence-electron chi connectivity index (χ0n) is 14.0. The summed E-state index contributed by atoms with van der Waals surface area (Å²) in [6.07, 6.45) is 4.56. The second-order valence-electron chi connectivity index (χ2n) is 6.09. The van der Waals surface area contributed by atoms with Gasteiger partial charge in [0.15, 0.2) is 0 Å². The van der Waals surface area contributed by atoms with E-state index in [4.69, 9.17) is 4.74 Å². The quantitative estimate of drug-likeness (QED) is 0.774. The van der Waals surface area contributed by atoms with Gasteiger partial charge in [-0.1, -0.05) is 31.0 Å². The van der Waals surface area contributed by atoms with Crippen LogP contribution < -0.4 is 0 Å². The van der Waals surface area contributed by atoms with E-state index in [-0.39, 0.29) is 11.7 Å². The Morgan fingerprint density at radius 2 is 1.91 bits per heavy atom. The van der Waals surface area contributed by atoms with Crippen LogP contribution in [0.4, 0.5) is 4.39 Å². The Balaban J connectivity index is 1.96. The molecule has 23 heavy (non-hydrogen) atoms. The molecule has 0 aromatic heterocycles. The van der Waals surface area contributed by atoms with E-state index in [1.54, 1.807) is 19.2 Å². The van der Waals surface area contributed by atoms with E-state index in [2.05, 4.69) is 0 Å². The number of carbonyl (C=O) groups is 1. The molecule has 0 unspecified atom stereocenters. The zero-order chi connectivity index (χ0) is 16.5. The van der Waals surface area contributed by atoms with Crippen LogP contribution >= 0.6 is 0 Å². The maximum Gasteiger partial charge on any atom is 0.236 e. The van der Waals surface area contributed by atoms with Gasteiger partial charge in [-0.05, 0) is 18.9 Å². The van der Waals surface area contributed by atoms with E-state index in [1.807, 2.05) is 15.9 Å². The van der Waals surface area contributed by atoms with Gasteiger partial charge in [-0.3, -0.25) is 9.69 Å². The van der Waals surface area contributed by atoms with Crippen molar-refractivity contribution >= 4 is 5.91 Å². The average Bonchev–Trinajstić information content (AvgIpc) is 2.84. The molecule has 1 amide bonds. The third-order valence-corrected chi connectivity index (χ3v) is 4.28. The van der Waals surface area contributed by atoms with Crippen LogP contribution in [0.5, 0.6) is 0 Å². The maximum atomic E-state index is 13.9. The van der Waals surface area contributed by atoms with E-state index in [0.717, 1.165) is 25.9 Å². The number of hydrogen-bond acceptors (Lipinski definition) is 3. The summed E-state index contributed by atoms with van der Waals surface area (Å²) in [5, 5.41) is 0. The number of rotatable bonds is 7. The molecule has 1 fully saturated rings. The number of methoxy groups -OCH3 is 1. The molecule has 0 aliphatic carbocycles. The molecule has 5 heteroatoms. The van der Waals surface area contributed by atoms with Crippen molar-refractivity contribution in [2.75, 3.05) is 39.9 Å². The van der Waals surface area contributed by atoms with Crippen molar-refractivity contribution in [1.29, 1.82) is 0 Å². The Bertz CT molecular complexity index is 488. The highest BCUT2D eigenvalue weighted by atomic mass is 19.1. The van der Waals surface area contributed by atoms with E-state index in [9.17, 15) is 9.18 Å². The van der Waals surface area contributed by atoms with Crippen molar-refractivity contribution in [3.8, 4) is 0 Å². The molecule has 1 aromatic rings. The summed E-state index contributed by atoms with van der Waals surface area (Å²) in [7, 11) is 1.64. The standard InChI is InChI=1S/C18H27FN2O2/c1-23-13-12-20(14-16-8-4-5-9-17(16)19)15-18(22)21-10-6-2-3-7-11-21/h4-5,8-9H,2-3,6-7,10-15H2,1H3. The highest BCUT2D eigenvalue weighted by Gasteiger charge is 2.19. The van der Waals surface area contributed by atoms with E-state index in [1.165, 1.54) is 18.9 Å². The highest BCUT2D eigenvalue weighted by molar-refractivity contribution is 5.78. The Labute approximate surface area is 138 Å². The van der Waals surface area contributed by atoms with Crippen molar-refractivity contribution < 1.29 is 13.9 Å². The number of benzene rings is 1. The van der Waals surface area contributed by atoms with E-state index >= 15 is 0 Å². The summed E-state index contributed by atoms with van der Waals surface area (Å²) < 4.78 is 19.0. The maximum absolute atomic E-state index is 13.9. The number of amides is 1. The normalized spacial score (nSPS) is 15.7. The number of carbonyl (C=O) groups excluding carboxylic acids is 1. The fraction of sp³-hybridized carbons (Fsp3) is 0.611. The fourth-order valence-corrected chi connectivity index (χ4v) is 2.91. The first kappa shape index (κ1) is 17.9. The first-order valence-corrected chi connectivity index (χ1v) is 8.43. The predicted octanol–water partition coefficient (Wildman–Crippen LogP) is 2.68. The van der Waals surface area contributed by atoms with Crippen LogP contribution in [0.25, 0.3) is 0 Å². The Hall–Kier alpha value is -1.46. The molecular weight excluding hydrogens is 295 g/mol. The first-order valence-electron chi connectivity index (χ1n) is 8.43. The van der Waals surface area contributed by atoms with Gasteiger partial charge in [0.05, 0.1) is 13.2 Å². The second-order valence-corrected chi connectivity index (χ2v) is 6.09. The van der Waals surface area contributed by atoms with Crippen LogP contribution in [0.1, 0.15) is 31.2 Å². The molecular formula is C18H27FN2O2. The molecule has 1 saturated heterocycles. The number of halogens is 1. The van der Waals surface area contributed by atoms with Crippen LogP contribution in [0.3, 0.4) is 0 Å². The molecule has 128 valence electrons. The lowest BCUT2D eigenvalue weighted by Gasteiger charge is -2.26. The molecule has 0 spiro atoms. The lowest BCUT2D eigenvalue weighted by molar-refractivity contribution is -0.132.